The van der Waals surface area contributed by atoms with E-state index in [1.807, 2.05) is 40.5 Å². The van der Waals surface area contributed by atoms with Gasteiger partial charge in [0, 0.05) is 24.4 Å². The molecule has 1 aromatic carbocycles. The highest BCUT2D eigenvalue weighted by Crippen LogP contribution is 2.38. The summed E-state index contributed by atoms with van der Waals surface area (Å²) in [5.74, 6) is 1.59. The normalized spacial score (nSPS) is 18.6. The zero-order valence-corrected chi connectivity index (χ0v) is 24.3. The van der Waals surface area contributed by atoms with Gasteiger partial charge in [0.2, 0.25) is 11.7 Å². The van der Waals surface area contributed by atoms with Crippen LogP contribution in [0.3, 0.4) is 0 Å². The minimum absolute atomic E-state index is 0.0526. The number of carbonyl (C=O) groups is 1. The van der Waals surface area contributed by atoms with Crippen LogP contribution in [0.15, 0.2) is 34.2 Å². The first kappa shape index (κ1) is 26.3. The van der Waals surface area contributed by atoms with Gasteiger partial charge in [-0.15, -0.1) is 21.5 Å². The number of thioether (sulfide) groups is 1. The van der Waals surface area contributed by atoms with E-state index in [0.717, 1.165) is 41.2 Å². The monoisotopic (exact) mass is 567 g/mol. The number of benzene rings is 1. The average Bonchev–Trinajstić information content (AvgIpc) is 3.54. The molecule has 0 bridgehead atoms. The second-order valence-corrected chi connectivity index (χ2v) is 13.0. The van der Waals surface area contributed by atoms with E-state index in [9.17, 15) is 9.59 Å². The highest BCUT2D eigenvalue weighted by Gasteiger charge is 2.31. The Morgan fingerprint density at radius 3 is 2.56 bits per heavy atom. The van der Waals surface area contributed by atoms with Gasteiger partial charge in [0.1, 0.15) is 10.6 Å². The molecular formula is C28H33N5O4S2. The van der Waals surface area contributed by atoms with Crippen LogP contribution in [0, 0.1) is 5.92 Å². The molecule has 1 saturated heterocycles. The second kappa shape index (κ2) is 10.6. The van der Waals surface area contributed by atoms with Gasteiger partial charge < -0.3 is 14.4 Å². The molecule has 11 heteroatoms. The minimum Gasteiger partial charge on any atom is -0.497 e. The number of nitrogens with zero attached hydrogens (tertiary/aromatic N) is 5. The third-order valence-electron chi connectivity index (χ3n) is 7.71. The van der Waals surface area contributed by atoms with Crippen molar-refractivity contribution in [1.82, 2.24) is 24.1 Å². The molecule has 3 aromatic heterocycles. The van der Waals surface area contributed by atoms with Crippen LogP contribution in [0.4, 0.5) is 0 Å². The zero-order valence-electron chi connectivity index (χ0n) is 22.7. The van der Waals surface area contributed by atoms with Crippen LogP contribution >= 0.6 is 23.1 Å². The minimum atomic E-state index is -0.324. The van der Waals surface area contributed by atoms with E-state index in [1.54, 1.807) is 23.0 Å². The highest BCUT2D eigenvalue weighted by atomic mass is 32.2. The second-order valence-electron chi connectivity index (χ2n) is 10.6. The van der Waals surface area contributed by atoms with E-state index < -0.39 is 0 Å². The van der Waals surface area contributed by atoms with Crippen molar-refractivity contribution in [3.8, 4) is 11.4 Å². The van der Waals surface area contributed by atoms with E-state index in [-0.39, 0.29) is 22.8 Å². The molecule has 2 aliphatic heterocycles. The van der Waals surface area contributed by atoms with E-state index in [0.29, 0.717) is 46.7 Å². The molecule has 2 atom stereocenters. The van der Waals surface area contributed by atoms with Crippen molar-refractivity contribution < 1.29 is 14.3 Å². The molecule has 2 unspecified atom stereocenters. The summed E-state index contributed by atoms with van der Waals surface area (Å²) < 4.78 is 15.1. The lowest BCUT2D eigenvalue weighted by Gasteiger charge is -2.28. The SMILES string of the molecule is COc1ccc(-n2c(=O)c3c4c(sc3n3c(SC(C)C(=O)N5CCCCC5)nnc23)COC(C(C)C)C4)cc1. The highest BCUT2D eigenvalue weighted by molar-refractivity contribution is 8.00. The van der Waals surface area contributed by atoms with Gasteiger partial charge in [-0.1, -0.05) is 25.6 Å². The fourth-order valence-electron chi connectivity index (χ4n) is 5.49. The Bertz CT molecular complexity index is 1580. The molecule has 0 aliphatic carbocycles. The van der Waals surface area contributed by atoms with Crippen LogP contribution in [-0.2, 0) is 22.6 Å². The quantitative estimate of drug-likeness (QED) is 0.312. The first-order valence-electron chi connectivity index (χ1n) is 13.5. The predicted molar refractivity (Wildman–Crippen MR) is 153 cm³/mol. The molecule has 5 heterocycles. The van der Waals surface area contributed by atoms with Crippen molar-refractivity contribution >= 4 is 45.0 Å². The van der Waals surface area contributed by atoms with Gasteiger partial charge in [-0.3, -0.25) is 9.59 Å². The molecule has 9 nitrogen and oxygen atoms in total. The van der Waals surface area contributed by atoms with Gasteiger partial charge in [-0.25, -0.2) is 8.97 Å². The van der Waals surface area contributed by atoms with E-state index in [2.05, 4.69) is 24.0 Å². The third-order valence-corrected chi connectivity index (χ3v) is 9.94. The summed E-state index contributed by atoms with van der Waals surface area (Å²) in [4.78, 5) is 31.3. The number of ether oxygens (including phenoxy) is 2. The topological polar surface area (TPSA) is 91.0 Å². The molecular weight excluding hydrogens is 534 g/mol. The largest absolute Gasteiger partial charge is 0.497 e. The standard InChI is InChI=1S/C28H33N5O4S2/c1-16(2)21-14-20-22(15-37-21)39-26-23(20)25(35)32(18-8-10-19(36-4)11-9-18)27-29-30-28(33(26)27)38-17(3)24(34)31-12-6-5-7-13-31/h8-11,16-17,21H,5-7,12-15H2,1-4H3. The summed E-state index contributed by atoms with van der Waals surface area (Å²) in [6, 6.07) is 7.38. The number of carbonyl (C=O) groups excluding carboxylic acids is 1. The molecule has 0 N–H and O–H groups in total. The van der Waals surface area contributed by atoms with Crippen molar-refractivity contribution in [3.63, 3.8) is 0 Å². The zero-order chi connectivity index (χ0) is 27.3. The maximum absolute atomic E-state index is 14.2. The Labute approximate surface area is 235 Å². The number of methoxy groups -OCH3 is 1. The Morgan fingerprint density at radius 1 is 1.13 bits per heavy atom. The first-order valence-corrected chi connectivity index (χ1v) is 15.2. The van der Waals surface area contributed by atoms with Crippen molar-refractivity contribution in [1.29, 1.82) is 0 Å². The van der Waals surface area contributed by atoms with Gasteiger partial charge in [-0.05, 0) is 61.9 Å². The number of rotatable bonds is 6. The van der Waals surface area contributed by atoms with Gasteiger partial charge in [0.25, 0.3) is 5.56 Å². The molecule has 0 spiro atoms. The lowest BCUT2D eigenvalue weighted by atomic mass is 9.96. The number of likely N-dealkylation sites (tertiary alicyclic amines) is 1. The first-order chi connectivity index (χ1) is 18.9. The summed E-state index contributed by atoms with van der Waals surface area (Å²) in [5, 5.41) is 9.98. The number of hydrogen-bond acceptors (Lipinski definition) is 8. The number of fused-ring (bicyclic) bond motifs is 5. The molecule has 39 heavy (non-hydrogen) atoms. The van der Waals surface area contributed by atoms with Crippen LogP contribution in [0.25, 0.3) is 21.7 Å². The molecule has 1 fully saturated rings. The number of thiophene rings is 1. The van der Waals surface area contributed by atoms with Crippen molar-refractivity contribution in [3.05, 3.63) is 45.1 Å². The van der Waals surface area contributed by atoms with Crippen LogP contribution in [0.2, 0.25) is 0 Å². The predicted octanol–water partition coefficient (Wildman–Crippen LogP) is 4.69. The summed E-state index contributed by atoms with van der Waals surface area (Å²) in [6.45, 7) is 8.32. The summed E-state index contributed by atoms with van der Waals surface area (Å²) in [6.07, 6.45) is 4.01. The summed E-state index contributed by atoms with van der Waals surface area (Å²) in [7, 11) is 1.62. The van der Waals surface area contributed by atoms with Gasteiger partial charge in [0.15, 0.2) is 5.16 Å². The van der Waals surface area contributed by atoms with Crippen LogP contribution in [0.1, 0.15) is 50.5 Å². The Morgan fingerprint density at radius 2 is 1.87 bits per heavy atom. The molecule has 2 aliphatic rings. The number of hydrogen-bond donors (Lipinski definition) is 0. The van der Waals surface area contributed by atoms with Crippen LogP contribution in [-0.4, -0.2) is 61.5 Å². The number of aromatic nitrogens is 4. The van der Waals surface area contributed by atoms with Gasteiger partial charge >= 0.3 is 0 Å². The Kier molecular flexibility index (Phi) is 7.15. The fourth-order valence-corrected chi connectivity index (χ4v) is 7.72. The molecule has 0 radical (unpaired) electrons. The van der Waals surface area contributed by atoms with E-state index >= 15 is 0 Å². The lowest BCUT2D eigenvalue weighted by molar-refractivity contribution is -0.131. The van der Waals surface area contributed by atoms with Crippen molar-refractivity contribution in [2.75, 3.05) is 20.2 Å². The maximum Gasteiger partial charge on any atom is 0.268 e. The van der Waals surface area contributed by atoms with Crippen LogP contribution < -0.4 is 10.3 Å². The molecule has 4 aromatic rings. The average molecular weight is 568 g/mol. The van der Waals surface area contributed by atoms with Gasteiger partial charge in [0.05, 0.1) is 36.1 Å². The molecule has 6 rings (SSSR count). The molecule has 206 valence electrons. The summed E-state index contributed by atoms with van der Waals surface area (Å²) >= 11 is 2.97. The van der Waals surface area contributed by atoms with E-state index in [4.69, 9.17) is 9.47 Å². The molecule has 1 amide bonds. The van der Waals surface area contributed by atoms with Crippen LogP contribution in [0.5, 0.6) is 5.75 Å². The smallest absolute Gasteiger partial charge is 0.268 e. The van der Waals surface area contributed by atoms with Crippen molar-refractivity contribution in [2.45, 2.75) is 69.6 Å². The lowest BCUT2D eigenvalue weighted by Crippen LogP contribution is -2.40. The Balaban J connectivity index is 1.52. The van der Waals surface area contributed by atoms with Crippen molar-refractivity contribution in [2.24, 2.45) is 5.92 Å². The molecule has 0 saturated carbocycles. The van der Waals surface area contributed by atoms with Gasteiger partial charge in [-0.2, -0.15) is 0 Å². The van der Waals surface area contributed by atoms with E-state index in [1.165, 1.54) is 18.2 Å². The number of amides is 1. The maximum atomic E-state index is 14.2. The number of piperidine rings is 1. The summed E-state index contributed by atoms with van der Waals surface area (Å²) in [5.41, 5.74) is 1.61. The third kappa shape index (κ3) is 4.64. The fraction of sp³-hybridized carbons (Fsp3) is 0.500. The Hall–Kier alpha value is -2.89.